The smallest absolute Gasteiger partial charge is 0.307 e. The van der Waals surface area contributed by atoms with E-state index in [9.17, 15) is 9.59 Å². The highest BCUT2D eigenvalue weighted by Gasteiger charge is 2.32. The van der Waals surface area contributed by atoms with Gasteiger partial charge in [0.1, 0.15) is 4.32 Å². The van der Waals surface area contributed by atoms with E-state index in [2.05, 4.69) is 0 Å². The van der Waals surface area contributed by atoms with Crippen LogP contribution in [0, 0.1) is 6.92 Å². The first-order valence-electron chi connectivity index (χ1n) is 7.49. The maximum absolute atomic E-state index is 12.4. The first kappa shape index (κ1) is 17.7. The van der Waals surface area contributed by atoms with Crippen molar-refractivity contribution in [2.45, 2.75) is 26.7 Å². The summed E-state index contributed by atoms with van der Waals surface area (Å²) in [5.74, 6) is -0.452. The number of nitrogens with zero attached hydrogens (tertiary/aromatic N) is 1. The molecule has 0 aromatic heterocycles. The third kappa shape index (κ3) is 4.91. The first-order chi connectivity index (χ1) is 11.0. The molecular weight excluding hydrogens is 330 g/mol. The van der Waals surface area contributed by atoms with Crippen molar-refractivity contribution in [3.05, 3.63) is 40.3 Å². The molecule has 2 rings (SSSR count). The average molecular weight is 349 g/mol. The number of ether oxygens (including phenoxy) is 1. The van der Waals surface area contributed by atoms with Crippen LogP contribution >= 0.6 is 24.0 Å². The molecule has 0 radical (unpaired) electrons. The van der Waals surface area contributed by atoms with Gasteiger partial charge in [0.2, 0.25) is 0 Å². The number of thioether (sulfide) groups is 1. The number of carbonyl (C=O) groups is 2. The molecule has 0 atom stereocenters. The van der Waals surface area contributed by atoms with Crippen molar-refractivity contribution in [1.29, 1.82) is 0 Å². The molecule has 1 saturated heterocycles. The van der Waals surface area contributed by atoms with E-state index in [0.717, 1.165) is 12.0 Å². The Morgan fingerprint density at radius 2 is 2.04 bits per heavy atom. The molecule has 23 heavy (non-hydrogen) atoms. The monoisotopic (exact) mass is 349 g/mol. The van der Waals surface area contributed by atoms with Crippen LogP contribution < -0.4 is 0 Å². The number of hydrogen-bond donors (Lipinski definition) is 0. The molecule has 0 saturated carbocycles. The molecule has 122 valence electrons. The van der Waals surface area contributed by atoms with Crippen molar-refractivity contribution in [3.8, 4) is 0 Å². The number of aryl methyl sites for hydroxylation is 1. The Hall–Kier alpha value is -1.66. The SMILES string of the molecule is CCCOC(=O)CCN1C(=O)C(=Cc2ccc(C)cc2)SC1=S. The number of amides is 1. The number of hydrogen-bond acceptors (Lipinski definition) is 5. The summed E-state index contributed by atoms with van der Waals surface area (Å²) in [4.78, 5) is 26.0. The van der Waals surface area contributed by atoms with E-state index in [1.807, 2.05) is 44.2 Å². The minimum atomic E-state index is -0.302. The van der Waals surface area contributed by atoms with Crippen molar-refractivity contribution in [2.75, 3.05) is 13.2 Å². The van der Waals surface area contributed by atoms with Gasteiger partial charge in [-0.3, -0.25) is 14.5 Å². The molecule has 0 spiro atoms. The quantitative estimate of drug-likeness (QED) is 0.447. The summed E-state index contributed by atoms with van der Waals surface area (Å²) in [5.41, 5.74) is 2.12. The summed E-state index contributed by atoms with van der Waals surface area (Å²) in [6.45, 7) is 4.62. The predicted molar refractivity (Wildman–Crippen MR) is 96.9 cm³/mol. The fourth-order valence-corrected chi connectivity index (χ4v) is 3.31. The summed E-state index contributed by atoms with van der Waals surface area (Å²) in [5, 5.41) is 0. The summed E-state index contributed by atoms with van der Waals surface area (Å²) >= 11 is 6.51. The third-order valence-electron chi connectivity index (χ3n) is 3.26. The molecule has 1 aliphatic rings. The van der Waals surface area contributed by atoms with Gasteiger partial charge < -0.3 is 4.74 Å². The third-order valence-corrected chi connectivity index (χ3v) is 4.63. The highest BCUT2D eigenvalue weighted by atomic mass is 32.2. The molecule has 1 amide bonds. The van der Waals surface area contributed by atoms with Gasteiger partial charge in [0.25, 0.3) is 5.91 Å². The maximum Gasteiger partial charge on any atom is 0.307 e. The van der Waals surface area contributed by atoms with Gasteiger partial charge in [-0.1, -0.05) is 60.7 Å². The topological polar surface area (TPSA) is 46.6 Å². The predicted octanol–water partition coefficient (Wildman–Crippen LogP) is 3.54. The molecule has 4 nitrogen and oxygen atoms in total. The number of carbonyl (C=O) groups excluding carboxylic acids is 2. The van der Waals surface area contributed by atoms with Gasteiger partial charge in [-0.2, -0.15) is 0 Å². The summed E-state index contributed by atoms with van der Waals surface area (Å²) < 4.78 is 5.50. The Balaban J connectivity index is 1.99. The van der Waals surface area contributed by atoms with Gasteiger partial charge in [-0.05, 0) is 25.0 Å². The Bertz CT molecular complexity index is 638. The lowest BCUT2D eigenvalue weighted by Gasteiger charge is -2.13. The van der Waals surface area contributed by atoms with Crippen LogP contribution in [0.3, 0.4) is 0 Å². The summed E-state index contributed by atoms with van der Waals surface area (Å²) in [7, 11) is 0. The molecule has 1 aliphatic heterocycles. The Labute approximate surface area is 145 Å². The highest BCUT2D eigenvalue weighted by Crippen LogP contribution is 2.32. The standard InChI is InChI=1S/C17H19NO3S2/c1-3-10-21-15(19)8-9-18-16(20)14(23-17(18)22)11-13-6-4-12(2)5-7-13/h4-7,11H,3,8-10H2,1-2H3. The lowest BCUT2D eigenvalue weighted by atomic mass is 10.1. The van der Waals surface area contributed by atoms with Gasteiger partial charge >= 0.3 is 5.97 Å². The minimum Gasteiger partial charge on any atom is -0.466 e. The first-order valence-corrected chi connectivity index (χ1v) is 8.71. The molecule has 6 heteroatoms. The highest BCUT2D eigenvalue weighted by molar-refractivity contribution is 8.26. The number of thiocarbonyl (C=S) groups is 1. The van der Waals surface area contributed by atoms with E-state index in [0.29, 0.717) is 15.8 Å². The van der Waals surface area contributed by atoms with E-state index < -0.39 is 0 Å². The van der Waals surface area contributed by atoms with Crippen molar-refractivity contribution in [1.82, 2.24) is 4.90 Å². The molecule has 1 fully saturated rings. The fraction of sp³-hybridized carbons (Fsp3) is 0.353. The normalized spacial score (nSPS) is 16.3. The van der Waals surface area contributed by atoms with Crippen molar-refractivity contribution in [2.24, 2.45) is 0 Å². The molecule has 0 aliphatic carbocycles. The zero-order valence-corrected chi connectivity index (χ0v) is 14.8. The van der Waals surface area contributed by atoms with Crippen LogP contribution in [0.4, 0.5) is 0 Å². The molecular formula is C17H19NO3S2. The van der Waals surface area contributed by atoms with E-state index in [1.165, 1.54) is 22.2 Å². The van der Waals surface area contributed by atoms with Crippen molar-refractivity contribution >= 4 is 46.3 Å². The minimum absolute atomic E-state index is 0.149. The largest absolute Gasteiger partial charge is 0.466 e. The van der Waals surface area contributed by atoms with Crippen LogP contribution in [0.25, 0.3) is 6.08 Å². The second-order valence-electron chi connectivity index (χ2n) is 5.21. The van der Waals surface area contributed by atoms with Crippen LogP contribution in [0.15, 0.2) is 29.2 Å². The Morgan fingerprint density at radius 1 is 1.35 bits per heavy atom. The van der Waals surface area contributed by atoms with E-state index in [1.54, 1.807) is 0 Å². The molecule has 1 aromatic carbocycles. The second kappa shape index (κ2) is 8.26. The average Bonchev–Trinajstić information content (AvgIpc) is 2.79. The number of rotatable bonds is 6. The van der Waals surface area contributed by atoms with Crippen LogP contribution in [0.5, 0.6) is 0 Å². The van der Waals surface area contributed by atoms with E-state index in [-0.39, 0.29) is 24.8 Å². The van der Waals surface area contributed by atoms with Crippen LogP contribution in [-0.4, -0.2) is 34.2 Å². The molecule has 1 aromatic rings. The fourth-order valence-electron chi connectivity index (χ4n) is 2.00. The van der Waals surface area contributed by atoms with Gasteiger partial charge in [-0.25, -0.2) is 0 Å². The molecule has 0 N–H and O–H groups in total. The second-order valence-corrected chi connectivity index (χ2v) is 6.89. The van der Waals surface area contributed by atoms with Crippen LogP contribution in [0.1, 0.15) is 30.9 Å². The van der Waals surface area contributed by atoms with Crippen LogP contribution in [0.2, 0.25) is 0 Å². The zero-order valence-electron chi connectivity index (χ0n) is 13.2. The number of esters is 1. The molecule has 0 unspecified atom stereocenters. The maximum atomic E-state index is 12.4. The Morgan fingerprint density at radius 3 is 2.70 bits per heavy atom. The van der Waals surface area contributed by atoms with Crippen LogP contribution in [-0.2, 0) is 14.3 Å². The lowest BCUT2D eigenvalue weighted by molar-refractivity contribution is -0.143. The van der Waals surface area contributed by atoms with Gasteiger partial charge in [-0.15, -0.1) is 0 Å². The Kier molecular flexibility index (Phi) is 6.36. The molecule has 1 heterocycles. The lowest BCUT2D eigenvalue weighted by Crippen LogP contribution is -2.30. The van der Waals surface area contributed by atoms with E-state index >= 15 is 0 Å². The molecule has 0 bridgehead atoms. The van der Waals surface area contributed by atoms with E-state index in [4.69, 9.17) is 17.0 Å². The van der Waals surface area contributed by atoms with Gasteiger partial charge in [0.05, 0.1) is 17.9 Å². The summed E-state index contributed by atoms with van der Waals surface area (Å²) in [6.07, 6.45) is 2.77. The van der Waals surface area contributed by atoms with Crippen molar-refractivity contribution in [3.63, 3.8) is 0 Å². The zero-order chi connectivity index (χ0) is 16.8. The summed E-state index contributed by atoms with van der Waals surface area (Å²) in [6, 6.07) is 7.92. The van der Waals surface area contributed by atoms with Crippen molar-refractivity contribution < 1.29 is 14.3 Å². The number of benzene rings is 1. The van der Waals surface area contributed by atoms with Gasteiger partial charge in [0, 0.05) is 6.54 Å². The van der Waals surface area contributed by atoms with Gasteiger partial charge in [0.15, 0.2) is 0 Å².